The van der Waals surface area contributed by atoms with Crippen molar-refractivity contribution in [3.8, 4) is 0 Å². The standard InChI is InChI=1S/C20H26N2O3S/c1-6-17-10-12-18(13-11-17)22(26(5,24)25)16(4)20(23)21-19-9-7-8-14(2)15(19)3/h7-13,16H,6H2,1-5H3,(H,21,23)/t16-/m0/s1. The molecule has 5 nitrogen and oxygen atoms in total. The molecule has 2 rings (SSSR count). The second kappa shape index (κ2) is 7.91. The van der Waals surface area contributed by atoms with Crippen LogP contribution in [-0.2, 0) is 21.2 Å². The van der Waals surface area contributed by atoms with Gasteiger partial charge in [-0.2, -0.15) is 0 Å². The second-order valence-electron chi connectivity index (χ2n) is 6.49. The third kappa shape index (κ3) is 4.43. The fraction of sp³-hybridized carbons (Fsp3) is 0.350. The molecule has 2 aromatic carbocycles. The lowest BCUT2D eigenvalue weighted by atomic mass is 10.1. The van der Waals surface area contributed by atoms with Crippen LogP contribution in [0.5, 0.6) is 0 Å². The number of benzene rings is 2. The molecule has 0 spiro atoms. The number of amides is 1. The Hall–Kier alpha value is -2.34. The summed E-state index contributed by atoms with van der Waals surface area (Å²) < 4.78 is 25.9. The van der Waals surface area contributed by atoms with Gasteiger partial charge in [0.25, 0.3) is 0 Å². The van der Waals surface area contributed by atoms with Crippen molar-refractivity contribution < 1.29 is 13.2 Å². The largest absolute Gasteiger partial charge is 0.324 e. The molecule has 0 aliphatic carbocycles. The summed E-state index contributed by atoms with van der Waals surface area (Å²) in [5.41, 5.74) is 4.30. The molecule has 1 amide bonds. The van der Waals surface area contributed by atoms with Crippen LogP contribution in [0.3, 0.4) is 0 Å². The predicted molar refractivity (Wildman–Crippen MR) is 107 cm³/mol. The number of rotatable bonds is 6. The van der Waals surface area contributed by atoms with Crippen molar-refractivity contribution in [2.24, 2.45) is 0 Å². The minimum absolute atomic E-state index is 0.372. The normalized spacial score (nSPS) is 12.5. The Kier molecular flexibility index (Phi) is 6.08. The minimum Gasteiger partial charge on any atom is -0.324 e. The van der Waals surface area contributed by atoms with E-state index in [0.29, 0.717) is 11.4 Å². The number of hydrogen-bond acceptors (Lipinski definition) is 3. The first-order valence-corrected chi connectivity index (χ1v) is 10.5. The van der Waals surface area contributed by atoms with Gasteiger partial charge in [-0.05, 0) is 62.1 Å². The van der Waals surface area contributed by atoms with Gasteiger partial charge in [0.05, 0.1) is 11.9 Å². The maximum absolute atomic E-state index is 12.7. The van der Waals surface area contributed by atoms with E-state index in [1.165, 1.54) is 0 Å². The molecule has 0 heterocycles. The summed E-state index contributed by atoms with van der Waals surface area (Å²) in [7, 11) is -3.62. The maximum atomic E-state index is 12.7. The number of aryl methyl sites for hydroxylation is 2. The van der Waals surface area contributed by atoms with Gasteiger partial charge < -0.3 is 5.32 Å². The molecule has 140 valence electrons. The topological polar surface area (TPSA) is 66.5 Å². The number of nitrogens with one attached hydrogen (secondary N) is 1. The SMILES string of the molecule is CCc1ccc(N([C@@H](C)C(=O)Nc2cccc(C)c2C)S(C)(=O)=O)cc1. The summed E-state index contributed by atoms with van der Waals surface area (Å²) in [4.78, 5) is 12.7. The van der Waals surface area contributed by atoms with E-state index >= 15 is 0 Å². The highest BCUT2D eigenvalue weighted by molar-refractivity contribution is 7.92. The number of sulfonamides is 1. The van der Waals surface area contributed by atoms with Crippen LogP contribution in [0.25, 0.3) is 0 Å². The lowest BCUT2D eigenvalue weighted by molar-refractivity contribution is -0.116. The molecule has 2 aromatic rings. The van der Waals surface area contributed by atoms with E-state index in [-0.39, 0.29) is 5.91 Å². The third-order valence-corrected chi connectivity index (χ3v) is 5.79. The average molecular weight is 375 g/mol. The molecule has 0 fully saturated rings. The van der Waals surface area contributed by atoms with Gasteiger partial charge in [0.2, 0.25) is 15.9 Å². The Morgan fingerprint density at radius 2 is 1.73 bits per heavy atom. The van der Waals surface area contributed by atoms with Crippen molar-refractivity contribution in [1.82, 2.24) is 0 Å². The Morgan fingerprint density at radius 3 is 2.27 bits per heavy atom. The lowest BCUT2D eigenvalue weighted by Crippen LogP contribution is -2.45. The Bertz CT molecular complexity index is 890. The van der Waals surface area contributed by atoms with Gasteiger partial charge in [-0.3, -0.25) is 9.10 Å². The zero-order valence-electron chi connectivity index (χ0n) is 15.9. The van der Waals surface area contributed by atoms with Crippen molar-refractivity contribution in [2.75, 3.05) is 15.9 Å². The van der Waals surface area contributed by atoms with Crippen LogP contribution in [0.1, 0.15) is 30.5 Å². The fourth-order valence-corrected chi connectivity index (χ4v) is 3.99. The van der Waals surface area contributed by atoms with Gasteiger partial charge in [0, 0.05) is 5.69 Å². The number of carbonyl (C=O) groups excluding carboxylic acids is 1. The van der Waals surface area contributed by atoms with Crippen LogP contribution in [0.2, 0.25) is 0 Å². The molecule has 0 saturated carbocycles. The molecule has 26 heavy (non-hydrogen) atoms. The van der Waals surface area contributed by atoms with Gasteiger partial charge in [-0.25, -0.2) is 8.42 Å². The molecule has 0 aliphatic heterocycles. The van der Waals surface area contributed by atoms with Gasteiger partial charge in [0.1, 0.15) is 6.04 Å². The van der Waals surface area contributed by atoms with Crippen molar-refractivity contribution in [2.45, 2.75) is 40.2 Å². The molecular formula is C20H26N2O3S. The molecule has 0 aromatic heterocycles. The number of nitrogens with zero attached hydrogens (tertiary/aromatic N) is 1. The fourth-order valence-electron chi connectivity index (χ4n) is 2.81. The highest BCUT2D eigenvalue weighted by Gasteiger charge is 2.29. The van der Waals surface area contributed by atoms with Gasteiger partial charge in [0.15, 0.2) is 0 Å². The smallest absolute Gasteiger partial charge is 0.248 e. The van der Waals surface area contributed by atoms with Crippen molar-refractivity contribution in [1.29, 1.82) is 0 Å². The molecule has 0 aliphatic rings. The summed E-state index contributed by atoms with van der Waals surface area (Å²) in [5, 5.41) is 2.85. The van der Waals surface area contributed by atoms with Crippen molar-refractivity contribution >= 4 is 27.3 Å². The molecule has 0 saturated heterocycles. The van der Waals surface area contributed by atoms with Crippen molar-refractivity contribution in [3.05, 3.63) is 59.2 Å². The van der Waals surface area contributed by atoms with Crippen LogP contribution in [0, 0.1) is 13.8 Å². The molecule has 1 N–H and O–H groups in total. The first-order valence-electron chi connectivity index (χ1n) is 8.60. The van der Waals surface area contributed by atoms with Crippen LogP contribution >= 0.6 is 0 Å². The van der Waals surface area contributed by atoms with Crippen molar-refractivity contribution in [3.63, 3.8) is 0 Å². The molecule has 0 radical (unpaired) electrons. The monoisotopic (exact) mass is 374 g/mol. The van der Waals surface area contributed by atoms with Gasteiger partial charge >= 0.3 is 0 Å². The van der Waals surface area contributed by atoms with E-state index < -0.39 is 16.1 Å². The van der Waals surface area contributed by atoms with Gasteiger partial charge in [-0.1, -0.05) is 31.2 Å². The highest BCUT2D eigenvalue weighted by Crippen LogP contribution is 2.23. The number of anilines is 2. The summed E-state index contributed by atoms with van der Waals surface area (Å²) in [6.45, 7) is 7.51. The van der Waals surface area contributed by atoms with E-state index in [1.54, 1.807) is 19.1 Å². The van der Waals surface area contributed by atoms with Crippen LogP contribution in [0.4, 0.5) is 11.4 Å². The van der Waals surface area contributed by atoms with E-state index in [9.17, 15) is 13.2 Å². The summed E-state index contributed by atoms with van der Waals surface area (Å²) in [5.74, 6) is -0.372. The molecular weight excluding hydrogens is 348 g/mol. The third-order valence-electron chi connectivity index (χ3n) is 4.55. The quantitative estimate of drug-likeness (QED) is 0.839. The zero-order valence-corrected chi connectivity index (χ0v) is 16.7. The number of carbonyl (C=O) groups is 1. The first kappa shape index (κ1) is 20.0. The number of hydrogen-bond donors (Lipinski definition) is 1. The zero-order chi connectivity index (χ0) is 19.5. The molecule has 0 bridgehead atoms. The van der Waals surface area contributed by atoms with E-state index in [0.717, 1.165) is 33.7 Å². The summed E-state index contributed by atoms with van der Waals surface area (Å²) in [6, 6.07) is 12.0. The lowest BCUT2D eigenvalue weighted by Gasteiger charge is -2.28. The molecule has 0 unspecified atom stereocenters. The average Bonchev–Trinajstić information content (AvgIpc) is 2.58. The van der Waals surface area contributed by atoms with E-state index in [1.807, 2.05) is 51.1 Å². The highest BCUT2D eigenvalue weighted by atomic mass is 32.2. The first-order chi connectivity index (χ1) is 12.1. The van der Waals surface area contributed by atoms with Crippen LogP contribution in [0.15, 0.2) is 42.5 Å². The molecule has 1 atom stereocenters. The maximum Gasteiger partial charge on any atom is 0.248 e. The van der Waals surface area contributed by atoms with E-state index in [4.69, 9.17) is 0 Å². The van der Waals surface area contributed by atoms with Gasteiger partial charge in [-0.15, -0.1) is 0 Å². The summed E-state index contributed by atoms with van der Waals surface area (Å²) in [6.07, 6.45) is 1.98. The Labute approximate surface area is 156 Å². The van der Waals surface area contributed by atoms with Crippen LogP contribution < -0.4 is 9.62 Å². The summed E-state index contributed by atoms with van der Waals surface area (Å²) >= 11 is 0. The van der Waals surface area contributed by atoms with E-state index in [2.05, 4.69) is 5.32 Å². The Morgan fingerprint density at radius 1 is 1.12 bits per heavy atom. The Balaban J connectivity index is 2.32. The minimum atomic E-state index is -3.62. The molecule has 6 heteroatoms. The predicted octanol–water partition coefficient (Wildman–Crippen LogP) is 3.66. The van der Waals surface area contributed by atoms with Crippen LogP contribution in [-0.4, -0.2) is 26.6 Å². The second-order valence-corrected chi connectivity index (χ2v) is 8.35.